The molecule has 2 unspecified atom stereocenters. The molecule has 1 saturated heterocycles. The number of oxazole rings is 1. The second-order valence-electron chi connectivity index (χ2n) is 4.50. The summed E-state index contributed by atoms with van der Waals surface area (Å²) in [5.74, 6) is -0.426. The summed E-state index contributed by atoms with van der Waals surface area (Å²) in [6.45, 7) is 1.03. The number of hydrogen-bond acceptors (Lipinski definition) is 4. The first-order valence-electron chi connectivity index (χ1n) is 5.86. The normalized spacial score (nSPS) is 22.1. The number of fused-ring (bicyclic) bond motifs is 1. The molecule has 1 aliphatic rings. The number of nitrogens with two attached hydrogens (primary N) is 1. The first-order valence-corrected chi connectivity index (χ1v) is 5.86. The van der Waals surface area contributed by atoms with Crippen LogP contribution in [0.25, 0.3) is 11.1 Å². The number of hydrogen-bond donors (Lipinski definition) is 3. The molecule has 0 amide bonds. The Morgan fingerprint density at radius 3 is 3.12 bits per heavy atom. The summed E-state index contributed by atoms with van der Waals surface area (Å²) in [5.41, 5.74) is 8.52. The first kappa shape index (κ1) is 10.6. The third-order valence-electron chi connectivity index (χ3n) is 3.36. The average molecular weight is 233 g/mol. The highest BCUT2D eigenvalue weighted by atomic mass is 16.4. The lowest BCUT2D eigenvalue weighted by molar-refractivity contribution is 0.501. The zero-order valence-electron chi connectivity index (χ0n) is 9.40. The van der Waals surface area contributed by atoms with Crippen molar-refractivity contribution in [2.24, 2.45) is 5.73 Å². The van der Waals surface area contributed by atoms with E-state index in [1.54, 1.807) is 6.07 Å². The van der Waals surface area contributed by atoms with Crippen LogP contribution in [-0.4, -0.2) is 17.6 Å². The largest absolute Gasteiger partial charge is 0.417 e. The maximum atomic E-state index is 11.1. The van der Waals surface area contributed by atoms with Crippen LogP contribution < -0.4 is 16.8 Å². The summed E-state index contributed by atoms with van der Waals surface area (Å²) in [5, 5.41) is 3.39. The van der Waals surface area contributed by atoms with Crippen molar-refractivity contribution in [1.29, 1.82) is 0 Å². The van der Waals surface area contributed by atoms with Crippen molar-refractivity contribution in [3.8, 4) is 0 Å². The summed E-state index contributed by atoms with van der Waals surface area (Å²) >= 11 is 0. The molecule has 0 saturated carbocycles. The van der Waals surface area contributed by atoms with Gasteiger partial charge in [0, 0.05) is 12.1 Å². The molecule has 2 heterocycles. The lowest BCUT2D eigenvalue weighted by atomic mass is 9.99. The minimum Gasteiger partial charge on any atom is -0.408 e. The maximum Gasteiger partial charge on any atom is 0.417 e. The van der Waals surface area contributed by atoms with Gasteiger partial charge in [0.05, 0.1) is 5.52 Å². The van der Waals surface area contributed by atoms with Gasteiger partial charge < -0.3 is 15.5 Å². The summed E-state index contributed by atoms with van der Waals surface area (Å²) in [7, 11) is 0. The molecule has 0 radical (unpaired) electrons. The molecule has 0 aliphatic carbocycles. The highest BCUT2D eigenvalue weighted by Crippen LogP contribution is 2.23. The van der Waals surface area contributed by atoms with E-state index in [2.05, 4.69) is 10.3 Å². The van der Waals surface area contributed by atoms with Gasteiger partial charge in [0.15, 0.2) is 5.58 Å². The molecule has 90 valence electrons. The van der Waals surface area contributed by atoms with Gasteiger partial charge in [-0.3, -0.25) is 4.98 Å². The summed E-state index contributed by atoms with van der Waals surface area (Å²) in [6.07, 6.45) is 2.27. The maximum absolute atomic E-state index is 11.1. The predicted octanol–water partition coefficient (Wildman–Crippen LogP) is 0.873. The Labute approximate surface area is 98.0 Å². The van der Waals surface area contributed by atoms with Gasteiger partial charge in [-0.25, -0.2) is 4.79 Å². The van der Waals surface area contributed by atoms with E-state index in [0.29, 0.717) is 17.1 Å². The second-order valence-corrected chi connectivity index (χ2v) is 4.50. The van der Waals surface area contributed by atoms with Crippen LogP contribution in [0.1, 0.15) is 24.4 Å². The number of H-pyrrole nitrogens is 1. The van der Waals surface area contributed by atoms with Crippen molar-refractivity contribution >= 4 is 11.1 Å². The fourth-order valence-electron chi connectivity index (χ4n) is 2.43. The topological polar surface area (TPSA) is 84.0 Å². The Balaban J connectivity index is 1.96. The lowest BCUT2D eigenvalue weighted by Gasteiger charge is -2.19. The number of nitrogens with one attached hydrogen (secondary N) is 2. The Kier molecular flexibility index (Phi) is 2.49. The molecule has 0 spiro atoms. The van der Waals surface area contributed by atoms with Crippen molar-refractivity contribution in [3.63, 3.8) is 0 Å². The molecule has 1 aliphatic heterocycles. The molecular formula is C12H15N3O2. The van der Waals surface area contributed by atoms with E-state index in [4.69, 9.17) is 10.2 Å². The Bertz CT molecular complexity index is 581. The van der Waals surface area contributed by atoms with Crippen LogP contribution in [0.4, 0.5) is 0 Å². The van der Waals surface area contributed by atoms with Crippen LogP contribution in [0, 0.1) is 0 Å². The zero-order chi connectivity index (χ0) is 11.8. The van der Waals surface area contributed by atoms with Gasteiger partial charge in [0.2, 0.25) is 0 Å². The van der Waals surface area contributed by atoms with Crippen LogP contribution >= 0.6 is 0 Å². The Hall–Kier alpha value is -1.59. The van der Waals surface area contributed by atoms with Crippen molar-refractivity contribution in [1.82, 2.24) is 10.3 Å². The molecule has 0 bridgehead atoms. The van der Waals surface area contributed by atoms with Crippen molar-refractivity contribution in [2.45, 2.75) is 24.9 Å². The Morgan fingerprint density at radius 1 is 1.47 bits per heavy atom. The molecule has 1 aromatic heterocycles. The summed E-state index contributed by atoms with van der Waals surface area (Å²) < 4.78 is 4.96. The number of benzene rings is 1. The van der Waals surface area contributed by atoms with E-state index < -0.39 is 5.76 Å². The van der Waals surface area contributed by atoms with E-state index in [1.807, 2.05) is 12.1 Å². The molecule has 3 rings (SSSR count). The Morgan fingerprint density at radius 2 is 2.35 bits per heavy atom. The summed E-state index contributed by atoms with van der Waals surface area (Å²) in [4.78, 5) is 13.7. The monoisotopic (exact) mass is 233 g/mol. The molecule has 1 aromatic carbocycles. The van der Waals surface area contributed by atoms with Crippen LogP contribution in [0.5, 0.6) is 0 Å². The van der Waals surface area contributed by atoms with Gasteiger partial charge in [-0.15, -0.1) is 0 Å². The van der Waals surface area contributed by atoms with Gasteiger partial charge in [0.25, 0.3) is 0 Å². The molecule has 2 aromatic rings. The minimum atomic E-state index is -0.426. The number of rotatable bonds is 2. The number of aromatic nitrogens is 1. The molecule has 2 atom stereocenters. The van der Waals surface area contributed by atoms with Crippen LogP contribution in [0.2, 0.25) is 0 Å². The molecule has 5 nitrogen and oxygen atoms in total. The molecule has 4 N–H and O–H groups in total. The summed E-state index contributed by atoms with van der Waals surface area (Å²) in [6, 6.07) is 5.89. The predicted molar refractivity (Wildman–Crippen MR) is 64.8 cm³/mol. The standard InChI is InChI=1S/C12H15N3O2/c13-11(8-2-1-5-14-8)7-3-4-10-9(6-7)15-12(16)17-10/h3-4,6,8,11,14H,1-2,5,13H2,(H,15,16). The van der Waals surface area contributed by atoms with Crippen LogP contribution in [0.3, 0.4) is 0 Å². The van der Waals surface area contributed by atoms with E-state index in [1.165, 1.54) is 6.42 Å². The third kappa shape index (κ3) is 1.87. The van der Waals surface area contributed by atoms with Gasteiger partial charge in [-0.05, 0) is 37.1 Å². The molecule has 5 heteroatoms. The van der Waals surface area contributed by atoms with Crippen molar-refractivity contribution in [3.05, 3.63) is 34.3 Å². The van der Waals surface area contributed by atoms with Crippen molar-refractivity contribution < 1.29 is 4.42 Å². The van der Waals surface area contributed by atoms with E-state index in [0.717, 1.165) is 18.5 Å². The van der Waals surface area contributed by atoms with Gasteiger partial charge in [0.1, 0.15) is 0 Å². The van der Waals surface area contributed by atoms with E-state index >= 15 is 0 Å². The van der Waals surface area contributed by atoms with E-state index in [-0.39, 0.29) is 6.04 Å². The fraction of sp³-hybridized carbons (Fsp3) is 0.417. The van der Waals surface area contributed by atoms with Crippen LogP contribution in [-0.2, 0) is 0 Å². The van der Waals surface area contributed by atoms with Gasteiger partial charge in [-0.1, -0.05) is 6.07 Å². The first-order chi connectivity index (χ1) is 8.24. The molecular weight excluding hydrogens is 218 g/mol. The lowest BCUT2D eigenvalue weighted by Crippen LogP contribution is -2.34. The highest BCUT2D eigenvalue weighted by Gasteiger charge is 2.22. The third-order valence-corrected chi connectivity index (χ3v) is 3.36. The molecule has 1 fully saturated rings. The van der Waals surface area contributed by atoms with E-state index in [9.17, 15) is 4.79 Å². The van der Waals surface area contributed by atoms with Crippen LogP contribution in [0.15, 0.2) is 27.4 Å². The van der Waals surface area contributed by atoms with Crippen molar-refractivity contribution in [2.75, 3.05) is 6.54 Å². The van der Waals surface area contributed by atoms with Gasteiger partial charge in [-0.2, -0.15) is 0 Å². The zero-order valence-corrected chi connectivity index (χ0v) is 9.40. The average Bonchev–Trinajstić information content (AvgIpc) is 2.94. The second kappa shape index (κ2) is 4.01. The highest BCUT2D eigenvalue weighted by molar-refractivity contribution is 5.72. The van der Waals surface area contributed by atoms with Gasteiger partial charge >= 0.3 is 5.76 Å². The number of aromatic amines is 1. The molecule has 17 heavy (non-hydrogen) atoms. The minimum absolute atomic E-state index is 0.0414. The SMILES string of the molecule is NC(c1ccc2oc(=O)[nH]c2c1)C1CCCN1. The quantitative estimate of drug-likeness (QED) is 0.718. The fourth-order valence-corrected chi connectivity index (χ4v) is 2.43. The smallest absolute Gasteiger partial charge is 0.408 e.